The second-order valence-electron chi connectivity index (χ2n) is 3.87. The molecule has 0 radical (unpaired) electrons. The fourth-order valence-electron chi connectivity index (χ4n) is 2.53. The van der Waals surface area contributed by atoms with E-state index in [1.54, 1.807) is 0 Å². The van der Waals surface area contributed by atoms with Gasteiger partial charge in [0, 0.05) is 17.9 Å². The van der Waals surface area contributed by atoms with Gasteiger partial charge in [0.2, 0.25) is 0 Å². The average Bonchev–Trinajstić information content (AvgIpc) is 2.72. The van der Waals surface area contributed by atoms with Gasteiger partial charge in [-0.3, -0.25) is 0 Å². The lowest BCUT2D eigenvalue weighted by Crippen LogP contribution is -2.37. The Morgan fingerprint density at radius 2 is 1.93 bits per heavy atom. The number of carbonyl (C=O) groups is 1. The monoisotopic (exact) mass is 190 g/mol. The quantitative estimate of drug-likeness (QED) is 0.493. The zero-order valence-electron chi connectivity index (χ0n) is 8.11. The van der Waals surface area contributed by atoms with Crippen LogP contribution in [0.3, 0.4) is 0 Å². The van der Waals surface area contributed by atoms with E-state index in [0.29, 0.717) is 0 Å². The minimum Gasteiger partial charge on any atom is -0.450 e. The molecule has 1 saturated carbocycles. The second-order valence-corrected chi connectivity index (χ2v) is 3.87. The van der Waals surface area contributed by atoms with E-state index in [1.165, 1.54) is 6.08 Å². The molecule has 0 N–H and O–H groups in total. The highest BCUT2D eigenvalue weighted by Gasteiger charge is 2.51. The van der Waals surface area contributed by atoms with Gasteiger partial charge in [-0.05, 0) is 18.9 Å². The average molecular weight is 190 g/mol. The van der Waals surface area contributed by atoms with Gasteiger partial charge in [0.15, 0.2) is 0 Å². The van der Waals surface area contributed by atoms with Crippen LogP contribution in [0.2, 0.25) is 0 Å². The predicted octanol–water partition coefficient (Wildman–Crippen LogP) is 2.24. The Kier molecular flexibility index (Phi) is 2.06. The summed E-state index contributed by atoms with van der Waals surface area (Å²) in [4.78, 5) is 11.1. The normalized spacial score (nSPS) is 33.3. The smallest absolute Gasteiger partial charge is 0.331 e. The van der Waals surface area contributed by atoms with Crippen molar-refractivity contribution >= 4 is 5.97 Å². The van der Waals surface area contributed by atoms with Crippen molar-refractivity contribution in [2.75, 3.05) is 0 Å². The molecular weight excluding hydrogens is 176 g/mol. The SMILES string of the molecule is C=C[C@H]1CC[C@H](C=C)C12C=CC(=O)O2. The van der Waals surface area contributed by atoms with Crippen molar-refractivity contribution in [3.05, 3.63) is 37.5 Å². The first kappa shape index (κ1) is 9.25. The summed E-state index contributed by atoms with van der Waals surface area (Å²) in [6.45, 7) is 7.59. The largest absolute Gasteiger partial charge is 0.450 e. The third-order valence-electron chi connectivity index (χ3n) is 3.27. The Morgan fingerprint density at radius 3 is 2.29 bits per heavy atom. The molecule has 1 heterocycles. The maximum Gasteiger partial charge on any atom is 0.331 e. The van der Waals surface area contributed by atoms with Crippen molar-refractivity contribution < 1.29 is 9.53 Å². The molecule has 0 amide bonds. The summed E-state index contributed by atoms with van der Waals surface area (Å²) >= 11 is 0. The number of hydrogen-bond acceptors (Lipinski definition) is 2. The summed E-state index contributed by atoms with van der Waals surface area (Å²) < 4.78 is 5.42. The van der Waals surface area contributed by atoms with Crippen LogP contribution in [-0.2, 0) is 9.53 Å². The van der Waals surface area contributed by atoms with Crippen LogP contribution in [0, 0.1) is 11.8 Å². The van der Waals surface area contributed by atoms with E-state index in [4.69, 9.17) is 4.74 Å². The van der Waals surface area contributed by atoms with Crippen LogP contribution < -0.4 is 0 Å². The Hall–Kier alpha value is -1.31. The minimum atomic E-state index is -0.472. The first-order chi connectivity index (χ1) is 6.73. The van der Waals surface area contributed by atoms with Crippen LogP contribution in [0.25, 0.3) is 0 Å². The lowest BCUT2D eigenvalue weighted by molar-refractivity contribution is -0.149. The number of esters is 1. The van der Waals surface area contributed by atoms with Crippen LogP contribution in [0.15, 0.2) is 37.5 Å². The van der Waals surface area contributed by atoms with Crippen molar-refractivity contribution in [1.82, 2.24) is 0 Å². The molecule has 1 fully saturated rings. The van der Waals surface area contributed by atoms with E-state index in [9.17, 15) is 4.79 Å². The van der Waals surface area contributed by atoms with Crippen molar-refractivity contribution in [1.29, 1.82) is 0 Å². The van der Waals surface area contributed by atoms with E-state index < -0.39 is 5.60 Å². The van der Waals surface area contributed by atoms with Crippen molar-refractivity contribution in [2.45, 2.75) is 18.4 Å². The summed E-state index contributed by atoms with van der Waals surface area (Å²) in [6.07, 6.45) is 9.17. The van der Waals surface area contributed by atoms with Crippen LogP contribution >= 0.6 is 0 Å². The summed E-state index contributed by atoms with van der Waals surface area (Å²) in [5, 5.41) is 0. The van der Waals surface area contributed by atoms with Crippen LogP contribution in [0.5, 0.6) is 0 Å². The highest BCUT2D eigenvalue weighted by atomic mass is 16.6. The van der Waals surface area contributed by atoms with E-state index in [-0.39, 0.29) is 17.8 Å². The molecule has 2 atom stereocenters. The van der Waals surface area contributed by atoms with Gasteiger partial charge in [0.25, 0.3) is 0 Å². The molecule has 2 aliphatic rings. The molecule has 0 saturated heterocycles. The summed E-state index contributed by atoms with van der Waals surface area (Å²) in [5.41, 5.74) is -0.472. The van der Waals surface area contributed by atoms with Crippen molar-refractivity contribution in [3.63, 3.8) is 0 Å². The van der Waals surface area contributed by atoms with E-state index >= 15 is 0 Å². The topological polar surface area (TPSA) is 26.3 Å². The van der Waals surface area contributed by atoms with Gasteiger partial charge in [-0.25, -0.2) is 4.79 Å². The maximum absolute atomic E-state index is 11.1. The van der Waals surface area contributed by atoms with Gasteiger partial charge in [0.05, 0.1) is 0 Å². The van der Waals surface area contributed by atoms with Crippen LogP contribution in [0.1, 0.15) is 12.8 Å². The number of carbonyl (C=O) groups excluding carboxylic acids is 1. The maximum atomic E-state index is 11.1. The van der Waals surface area contributed by atoms with Gasteiger partial charge in [-0.2, -0.15) is 0 Å². The third kappa shape index (κ3) is 1.07. The number of hydrogen-bond donors (Lipinski definition) is 0. The van der Waals surface area contributed by atoms with Crippen molar-refractivity contribution in [2.24, 2.45) is 11.8 Å². The van der Waals surface area contributed by atoms with Crippen LogP contribution in [-0.4, -0.2) is 11.6 Å². The predicted molar refractivity (Wildman–Crippen MR) is 54.6 cm³/mol. The molecule has 1 aliphatic heterocycles. The Labute approximate surface area is 83.9 Å². The second kappa shape index (κ2) is 3.12. The third-order valence-corrected chi connectivity index (χ3v) is 3.27. The molecule has 0 bridgehead atoms. The van der Waals surface area contributed by atoms with Crippen molar-refractivity contribution in [3.8, 4) is 0 Å². The van der Waals surface area contributed by atoms with E-state index in [1.807, 2.05) is 18.2 Å². The molecule has 2 nitrogen and oxygen atoms in total. The first-order valence-electron chi connectivity index (χ1n) is 4.90. The van der Waals surface area contributed by atoms with Gasteiger partial charge in [0.1, 0.15) is 5.60 Å². The molecule has 74 valence electrons. The number of ether oxygens (including phenoxy) is 1. The molecule has 14 heavy (non-hydrogen) atoms. The summed E-state index contributed by atoms with van der Waals surface area (Å²) in [5.74, 6) is 0.215. The minimum absolute atomic E-state index is 0.230. The number of rotatable bonds is 2. The standard InChI is InChI=1S/C12H14O2/c1-3-9-5-6-10(4-2)12(9)8-7-11(13)14-12/h3-4,7-10H,1-2,5-6H2/t9-,10-/m0/s1. The zero-order valence-corrected chi connectivity index (χ0v) is 8.11. The molecule has 0 unspecified atom stereocenters. The molecule has 0 aromatic heterocycles. The van der Waals surface area contributed by atoms with E-state index in [0.717, 1.165) is 12.8 Å². The molecule has 1 spiro atoms. The lowest BCUT2D eigenvalue weighted by Gasteiger charge is -2.31. The van der Waals surface area contributed by atoms with Gasteiger partial charge in [-0.15, -0.1) is 13.2 Å². The van der Waals surface area contributed by atoms with Gasteiger partial charge < -0.3 is 4.74 Å². The van der Waals surface area contributed by atoms with Crippen LogP contribution in [0.4, 0.5) is 0 Å². The fraction of sp³-hybridized carbons (Fsp3) is 0.417. The summed E-state index contributed by atoms with van der Waals surface area (Å²) in [6, 6.07) is 0. The zero-order chi connectivity index (χ0) is 10.2. The van der Waals surface area contributed by atoms with Gasteiger partial charge >= 0.3 is 5.97 Å². The highest BCUT2D eigenvalue weighted by Crippen LogP contribution is 2.47. The Bertz CT molecular complexity index is 298. The highest BCUT2D eigenvalue weighted by molar-refractivity contribution is 5.85. The molecular formula is C12H14O2. The fourth-order valence-corrected chi connectivity index (χ4v) is 2.53. The summed E-state index contributed by atoms with van der Waals surface area (Å²) in [7, 11) is 0. The molecule has 2 rings (SSSR count). The Morgan fingerprint density at radius 1 is 1.36 bits per heavy atom. The molecule has 1 aliphatic carbocycles. The van der Waals surface area contributed by atoms with E-state index in [2.05, 4.69) is 13.2 Å². The molecule has 0 aromatic carbocycles. The first-order valence-corrected chi connectivity index (χ1v) is 4.90. The molecule has 2 heteroatoms. The molecule has 0 aromatic rings. The van der Waals surface area contributed by atoms with Gasteiger partial charge in [-0.1, -0.05) is 12.2 Å². The lowest BCUT2D eigenvalue weighted by atomic mass is 9.84. The Balaban J connectivity index is 2.36.